The van der Waals surface area contributed by atoms with Crippen LogP contribution in [-0.4, -0.2) is 45.6 Å². The van der Waals surface area contributed by atoms with Gasteiger partial charge in [0.1, 0.15) is 18.8 Å². The summed E-state index contributed by atoms with van der Waals surface area (Å²) in [5.74, 6) is 0.489. The number of nitriles is 2. The van der Waals surface area contributed by atoms with Gasteiger partial charge in [-0.2, -0.15) is 19.1 Å². The van der Waals surface area contributed by atoms with Gasteiger partial charge in [-0.1, -0.05) is 55.8 Å². The van der Waals surface area contributed by atoms with E-state index in [0.29, 0.717) is 16.9 Å². The van der Waals surface area contributed by atoms with Crippen molar-refractivity contribution in [2.24, 2.45) is 0 Å². The molecule has 11 heteroatoms. The second kappa shape index (κ2) is 14.4. The molecule has 39 heavy (non-hydrogen) atoms. The van der Waals surface area contributed by atoms with Crippen molar-refractivity contribution in [1.82, 2.24) is 8.61 Å². The van der Waals surface area contributed by atoms with Crippen molar-refractivity contribution in [3.63, 3.8) is 0 Å². The first-order valence-electron chi connectivity index (χ1n) is 12.1. The highest BCUT2D eigenvalue weighted by Crippen LogP contribution is 2.24. The number of aryl methyl sites for hydroxylation is 1. The Bertz CT molecular complexity index is 1520. The number of hydrogen-bond acceptors (Lipinski definition) is 7. The van der Waals surface area contributed by atoms with Crippen molar-refractivity contribution in [3.8, 4) is 17.9 Å². The maximum Gasteiger partial charge on any atom is 0.244 e. The summed E-state index contributed by atoms with van der Waals surface area (Å²) in [6, 6.07) is 22.7. The molecule has 0 fully saturated rings. The summed E-state index contributed by atoms with van der Waals surface area (Å²) in [4.78, 5) is 0.0492. The van der Waals surface area contributed by atoms with Gasteiger partial charge in [0.2, 0.25) is 20.0 Å². The molecular weight excluding hydrogens is 536 g/mol. The second-order valence-corrected chi connectivity index (χ2v) is 12.0. The Morgan fingerprint density at radius 1 is 0.692 bits per heavy atom. The molecule has 9 nitrogen and oxygen atoms in total. The van der Waals surface area contributed by atoms with Crippen LogP contribution in [-0.2, 0) is 33.1 Å². The number of sulfonamides is 2. The maximum absolute atomic E-state index is 13.3. The number of hydrogen-bond donors (Lipinski definition) is 0. The lowest BCUT2D eigenvalue weighted by Crippen LogP contribution is -2.33. The molecule has 0 atom stereocenters. The van der Waals surface area contributed by atoms with Gasteiger partial charge in [0.25, 0.3) is 0 Å². The smallest absolute Gasteiger partial charge is 0.244 e. The zero-order valence-electron chi connectivity index (χ0n) is 22.4. The molecule has 3 rings (SSSR count). The summed E-state index contributed by atoms with van der Waals surface area (Å²) in [5.41, 5.74) is 1.92. The highest BCUT2D eigenvalue weighted by Gasteiger charge is 2.28. The number of methoxy groups -OCH3 is 1. The molecule has 0 saturated heterocycles. The molecule has 0 aliphatic heterocycles. The van der Waals surface area contributed by atoms with E-state index in [1.165, 1.54) is 43.5 Å². The highest BCUT2D eigenvalue weighted by atomic mass is 32.2. The predicted molar refractivity (Wildman–Crippen MR) is 148 cm³/mol. The lowest BCUT2D eigenvalue weighted by molar-refractivity contribution is 0.413. The Labute approximate surface area is 231 Å². The van der Waals surface area contributed by atoms with Gasteiger partial charge in [0.15, 0.2) is 0 Å². The molecule has 0 N–H and O–H groups in total. The minimum Gasteiger partial charge on any atom is -0.497 e. The molecule has 0 unspecified atom stereocenters. The first-order chi connectivity index (χ1) is 18.6. The van der Waals surface area contributed by atoms with E-state index in [-0.39, 0.29) is 22.9 Å². The minimum atomic E-state index is -4.05. The van der Waals surface area contributed by atoms with Crippen molar-refractivity contribution in [1.29, 1.82) is 10.5 Å². The van der Waals surface area contributed by atoms with Crippen LogP contribution >= 0.6 is 0 Å². The molecular formula is C28H32N4O5S2. The van der Waals surface area contributed by atoms with E-state index in [4.69, 9.17) is 4.74 Å². The Morgan fingerprint density at radius 2 is 1.08 bits per heavy atom. The van der Waals surface area contributed by atoms with Crippen LogP contribution in [0.3, 0.4) is 0 Å². The third-order valence-corrected chi connectivity index (χ3v) is 9.27. The van der Waals surface area contributed by atoms with Crippen molar-refractivity contribution < 1.29 is 21.6 Å². The first kappa shape index (κ1) is 31.5. The van der Waals surface area contributed by atoms with Gasteiger partial charge in [-0.15, -0.1) is 0 Å². The summed E-state index contributed by atoms with van der Waals surface area (Å²) < 4.78 is 60.4. The second-order valence-electron chi connectivity index (χ2n) is 8.12. The maximum atomic E-state index is 13.3. The quantitative estimate of drug-likeness (QED) is 0.312. The summed E-state index contributed by atoms with van der Waals surface area (Å²) >= 11 is 0. The molecule has 0 aromatic heterocycles. The third-order valence-electron chi connectivity index (χ3n) is 5.66. The van der Waals surface area contributed by atoms with Gasteiger partial charge >= 0.3 is 0 Å². The summed E-state index contributed by atoms with van der Waals surface area (Å²) in [6.45, 7) is 4.72. The van der Waals surface area contributed by atoms with Crippen LogP contribution in [0.2, 0.25) is 0 Å². The van der Waals surface area contributed by atoms with Crippen LogP contribution in [0.15, 0.2) is 82.6 Å². The monoisotopic (exact) mass is 568 g/mol. The molecule has 0 radical (unpaired) electrons. The average Bonchev–Trinajstić information content (AvgIpc) is 2.94. The zero-order chi connectivity index (χ0) is 29.1. The van der Waals surface area contributed by atoms with E-state index in [0.717, 1.165) is 14.2 Å². The number of ether oxygens (including phenoxy) is 1. The lowest BCUT2D eigenvalue weighted by atomic mass is 10.1. The largest absolute Gasteiger partial charge is 0.497 e. The van der Waals surface area contributed by atoms with E-state index in [1.54, 1.807) is 36.4 Å². The normalized spacial score (nSPS) is 11.3. The third kappa shape index (κ3) is 7.88. The summed E-state index contributed by atoms with van der Waals surface area (Å²) in [5, 5.41) is 18.7. The average molecular weight is 569 g/mol. The Morgan fingerprint density at radius 3 is 1.44 bits per heavy atom. The van der Waals surface area contributed by atoms with Gasteiger partial charge in [0, 0.05) is 13.1 Å². The van der Waals surface area contributed by atoms with Crippen LogP contribution in [0.4, 0.5) is 0 Å². The number of nitrogens with zero attached hydrogens (tertiary/aromatic N) is 4. The summed E-state index contributed by atoms with van der Waals surface area (Å²) in [6.07, 6.45) is 0. The standard InChI is InChI=1S/C26H26N4O5S2.C2H6/c1-21-7-11-25(12-8-21)36(31,32)29(17-15-27)19-22-5-3-4-6-23(22)20-30(18-16-28)37(33,34)26-13-9-24(35-2)10-14-26;1-2/h3-14H,17-20H2,1-2H3;1-2H3. The first-order valence-corrected chi connectivity index (χ1v) is 15.0. The molecule has 206 valence electrons. The SMILES string of the molecule is CC.COc1ccc(S(=O)(=O)N(CC#N)Cc2ccccc2CN(CC#N)S(=O)(=O)c2ccc(C)cc2)cc1. The molecule has 3 aromatic carbocycles. The Kier molecular flexibility index (Phi) is 11.6. The minimum absolute atomic E-state index is 0.00548. The van der Waals surface area contributed by atoms with Crippen LogP contribution in [0.5, 0.6) is 5.75 Å². The molecule has 0 heterocycles. The van der Waals surface area contributed by atoms with Crippen molar-refractivity contribution in [2.75, 3.05) is 20.2 Å². The predicted octanol–water partition coefficient (Wildman–Crippen LogP) is 4.46. The van der Waals surface area contributed by atoms with E-state index in [1.807, 2.05) is 32.9 Å². The van der Waals surface area contributed by atoms with E-state index in [9.17, 15) is 27.4 Å². The van der Waals surface area contributed by atoms with Crippen LogP contribution in [0, 0.1) is 29.6 Å². The van der Waals surface area contributed by atoms with Gasteiger partial charge in [0.05, 0.1) is 29.0 Å². The van der Waals surface area contributed by atoms with E-state index in [2.05, 4.69) is 0 Å². The summed E-state index contributed by atoms with van der Waals surface area (Å²) in [7, 11) is -6.57. The van der Waals surface area contributed by atoms with Gasteiger partial charge in [-0.05, 0) is 54.4 Å². The lowest BCUT2D eigenvalue weighted by Gasteiger charge is -2.24. The highest BCUT2D eigenvalue weighted by molar-refractivity contribution is 7.89. The number of benzene rings is 3. The fraction of sp³-hybridized carbons (Fsp3) is 0.286. The van der Waals surface area contributed by atoms with E-state index >= 15 is 0 Å². The fourth-order valence-electron chi connectivity index (χ4n) is 3.61. The van der Waals surface area contributed by atoms with Crippen molar-refractivity contribution in [2.45, 2.75) is 43.7 Å². The molecule has 0 spiro atoms. The van der Waals surface area contributed by atoms with Gasteiger partial charge in [-0.3, -0.25) is 0 Å². The van der Waals surface area contributed by atoms with Gasteiger partial charge in [-0.25, -0.2) is 16.8 Å². The molecule has 3 aromatic rings. The zero-order valence-corrected chi connectivity index (χ0v) is 24.0. The molecule has 0 aliphatic carbocycles. The molecule has 0 aliphatic rings. The van der Waals surface area contributed by atoms with Crippen LogP contribution in [0.1, 0.15) is 30.5 Å². The number of rotatable bonds is 11. The van der Waals surface area contributed by atoms with Crippen LogP contribution in [0.25, 0.3) is 0 Å². The van der Waals surface area contributed by atoms with Crippen molar-refractivity contribution >= 4 is 20.0 Å². The molecule has 0 saturated carbocycles. The van der Waals surface area contributed by atoms with E-state index < -0.39 is 33.1 Å². The van der Waals surface area contributed by atoms with Crippen LogP contribution < -0.4 is 4.74 Å². The van der Waals surface area contributed by atoms with Gasteiger partial charge < -0.3 is 4.74 Å². The Balaban J connectivity index is 0.00000260. The topological polar surface area (TPSA) is 132 Å². The van der Waals surface area contributed by atoms with Crippen molar-refractivity contribution in [3.05, 3.63) is 89.5 Å². The Hall–Kier alpha value is -3.74. The fourth-order valence-corrected chi connectivity index (χ4v) is 6.24. The molecule has 0 bridgehead atoms. The molecule has 0 amide bonds.